The maximum atomic E-state index is 12.5. The molecule has 364 valence electrons. The molecule has 6 heteroatoms. The number of nitrogens with one attached hydrogen (secondary N) is 1. The maximum Gasteiger partial charge on any atom is 0.249 e. The summed E-state index contributed by atoms with van der Waals surface area (Å²) in [4.78, 5) is 12.5. The highest BCUT2D eigenvalue weighted by Crippen LogP contribution is 2.17. The van der Waals surface area contributed by atoms with E-state index in [9.17, 15) is 25.2 Å². The predicted molar refractivity (Wildman–Crippen MR) is 270 cm³/mol. The van der Waals surface area contributed by atoms with Crippen molar-refractivity contribution in [1.29, 1.82) is 0 Å². The SMILES string of the molecule is CCCCC/C=C\C=C/CCCCCCCC(O)C(=O)NC(CO)C(O)C(O)CCC/C=C/CC/C=C/CCCCCCCCCCCCCCCCCCCCCCCCC. The Kier molecular flexibility index (Phi) is 48.9. The van der Waals surface area contributed by atoms with Gasteiger partial charge in [-0.1, -0.05) is 242 Å². The zero-order valence-electron chi connectivity index (χ0n) is 41.1. The van der Waals surface area contributed by atoms with Crippen molar-refractivity contribution in [2.45, 2.75) is 295 Å². The quantitative estimate of drug-likeness (QED) is 0.0238. The lowest BCUT2D eigenvalue weighted by atomic mass is 10.00. The molecular weight excluding hydrogens is 767 g/mol. The highest BCUT2D eigenvalue weighted by atomic mass is 16.3. The van der Waals surface area contributed by atoms with Crippen LogP contribution in [-0.4, -0.2) is 57.3 Å². The molecule has 5 N–H and O–H groups in total. The molecule has 0 fully saturated rings. The molecule has 0 aromatic heterocycles. The van der Waals surface area contributed by atoms with E-state index in [1.165, 1.54) is 173 Å². The minimum absolute atomic E-state index is 0.340. The van der Waals surface area contributed by atoms with Crippen molar-refractivity contribution >= 4 is 5.91 Å². The molecule has 0 aromatic rings. The molecule has 0 saturated carbocycles. The van der Waals surface area contributed by atoms with Crippen LogP contribution in [0.3, 0.4) is 0 Å². The normalized spacial score (nSPS) is 14.2. The summed E-state index contributed by atoms with van der Waals surface area (Å²) in [5, 5.41) is 43.8. The molecule has 0 radical (unpaired) electrons. The van der Waals surface area contributed by atoms with Crippen molar-refractivity contribution in [2.24, 2.45) is 0 Å². The van der Waals surface area contributed by atoms with Gasteiger partial charge >= 0.3 is 0 Å². The highest BCUT2D eigenvalue weighted by molar-refractivity contribution is 5.80. The second-order valence-corrected chi connectivity index (χ2v) is 18.6. The molecule has 0 rings (SSSR count). The summed E-state index contributed by atoms with van der Waals surface area (Å²) in [6.07, 6.45) is 63.3. The third kappa shape index (κ3) is 43.5. The minimum atomic E-state index is -1.30. The number of allylic oxidation sites excluding steroid dienone is 8. The third-order valence-electron chi connectivity index (χ3n) is 12.5. The van der Waals surface area contributed by atoms with Crippen LogP contribution in [0, 0.1) is 0 Å². The Morgan fingerprint density at radius 2 is 0.726 bits per heavy atom. The van der Waals surface area contributed by atoms with Crippen molar-refractivity contribution in [3.63, 3.8) is 0 Å². The first-order valence-corrected chi connectivity index (χ1v) is 27.0. The first-order valence-electron chi connectivity index (χ1n) is 27.0. The molecule has 0 aliphatic carbocycles. The van der Waals surface area contributed by atoms with Gasteiger partial charge in [-0.3, -0.25) is 4.79 Å². The van der Waals surface area contributed by atoms with Crippen molar-refractivity contribution in [3.05, 3.63) is 48.6 Å². The largest absolute Gasteiger partial charge is 0.394 e. The molecular formula is C56H105NO5. The number of carbonyl (C=O) groups is 1. The van der Waals surface area contributed by atoms with E-state index in [0.29, 0.717) is 19.3 Å². The molecule has 0 heterocycles. The van der Waals surface area contributed by atoms with Crippen molar-refractivity contribution in [1.82, 2.24) is 5.32 Å². The first-order chi connectivity index (χ1) is 30.5. The third-order valence-corrected chi connectivity index (χ3v) is 12.5. The van der Waals surface area contributed by atoms with Crippen LogP contribution in [0.4, 0.5) is 0 Å². The van der Waals surface area contributed by atoms with E-state index in [1.807, 2.05) is 0 Å². The molecule has 0 saturated heterocycles. The first kappa shape index (κ1) is 60.3. The Bertz CT molecular complexity index is 1020. The van der Waals surface area contributed by atoms with Gasteiger partial charge in [0.15, 0.2) is 0 Å². The number of aliphatic hydroxyl groups is 4. The number of hydrogen-bond acceptors (Lipinski definition) is 5. The smallest absolute Gasteiger partial charge is 0.249 e. The molecule has 0 aliphatic rings. The number of rotatable bonds is 49. The summed E-state index contributed by atoms with van der Waals surface area (Å²) in [6.45, 7) is 4.01. The van der Waals surface area contributed by atoms with E-state index in [1.54, 1.807) is 0 Å². The Morgan fingerprint density at radius 1 is 0.403 bits per heavy atom. The van der Waals surface area contributed by atoms with Gasteiger partial charge in [-0.15, -0.1) is 0 Å². The van der Waals surface area contributed by atoms with E-state index in [-0.39, 0.29) is 0 Å². The van der Waals surface area contributed by atoms with Crippen LogP contribution in [0.25, 0.3) is 0 Å². The van der Waals surface area contributed by atoms with Gasteiger partial charge in [-0.05, 0) is 77.0 Å². The van der Waals surface area contributed by atoms with Crippen LogP contribution < -0.4 is 5.32 Å². The van der Waals surface area contributed by atoms with Crippen molar-refractivity contribution in [3.8, 4) is 0 Å². The van der Waals surface area contributed by atoms with E-state index in [4.69, 9.17) is 0 Å². The summed E-state index contributed by atoms with van der Waals surface area (Å²) in [5.74, 6) is -0.610. The summed E-state index contributed by atoms with van der Waals surface area (Å²) >= 11 is 0. The van der Waals surface area contributed by atoms with Gasteiger partial charge in [0.2, 0.25) is 5.91 Å². The lowest BCUT2D eigenvalue weighted by Crippen LogP contribution is -2.53. The lowest BCUT2D eigenvalue weighted by molar-refractivity contribution is -0.132. The zero-order valence-corrected chi connectivity index (χ0v) is 41.1. The second-order valence-electron chi connectivity index (χ2n) is 18.6. The Hall–Kier alpha value is -1.73. The van der Waals surface area contributed by atoms with E-state index >= 15 is 0 Å². The van der Waals surface area contributed by atoms with Gasteiger partial charge in [0.25, 0.3) is 0 Å². The number of unbranched alkanes of at least 4 members (excludes halogenated alkanes) is 33. The molecule has 0 spiro atoms. The maximum absolute atomic E-state index is 12.5. The summed E-state index contributed by atoms with van der Waals surface area (Å²) in [5.41, 5.74) is 0. The molecule has 0 aliphatic heterocycles. The number of aliphatic hydroxyl groups excluding tert-OH is 4. The molecule has 62 heavy (non-hydrogen) atoms. The summed E-state index contributed by atoms with van der Waals surface area (Å²) in [6, 6.07) is -1.02. The van der Waals surface area contributed by atoms with Gasteiger partial charge < -0.3 is 25.7 Å². The van der Waals surface area contributed by atoms with Gasteiger partial charge in [-0.2, -0.15) is 0 Å². The highest BCUT2D eigenvalue weighted by Gasteiger charge is 2.28. The van der Waals surface area contributed by atoms with Crippen LogP contribution in [0.2, 0.25) is 0 Å². The minimum Gasteiger partial charge on any atom is -0.394 e. The van der Waals surface area contributed by atoms with Crippen LogP contribution in [0.1, 0.15) is 271 Å². The topological polar surface area (TPSA) is 110 Å². The fraction of sp³-hybridized carbons (Fsp3) is 0.839. The monoisotopic (exact) mass is 872 g/mol. The van der Waals surface area contributed by atoms with E-state index in [0.717, 1.165) is 64.2 Å². The molecule has 0 aromatic carbocycles. The molecule has 4 unspecified atom stereocenters. The fourth-order valence-corrected chi connectivity index (χ4v) is 8.24. The average molecular weight is 872 g/mol. The predicted octanol–water partition coefficient (Wildman–Crippen LogP) is 15.4. The standard InChI is InChI=1S/C56H105NO5/c1-3-5-7-9-11-13-15-17-19-20-21-22-23-24-25-26-27-28-29-30-31-32-33-34-35-36-38-39-41-43-45-47-49-53(59)55(61)52(51-58)57-56(62)54(60)50-48-46-44-42-40-37-18-16-14-12-10-8-6-4-2/h12,14,16,18,35-36,41,43,52-55,58-61H,3-11,13,15,17,19-34,37-40,42,44-51H2,1-2H3,(H,57,62)/b14-12-,18-16-,36-35+,43-41+. The number of carbonyl (C=O) groups excluding carboxylic acids is 1. The van der Waals surface area contributed by atoms with E-state index in [2.05, 4.69) is 67.8 Å². The van der Waals surface area contributed by atoms with Crippen LogP contribution >= 0.6 is 0 Å². The second kappa shape index (κ2) is 50.3. The molecule has 4 atom stereocenters. The fourth-order valence-electron chi connectivity index (χ4n) is 8.24. The summed E-state index contributed by atoms with van der Waals surface area (Å²) in [7, 11) is 0. The zero-order chi connectivity index (χ0) is 45.2. The molecule has 1 amide bonds. The van der Waals surface area contributed by atoms with Crippen LogP contribution in [-0.2, 0) is 4.79 Å². The molecule has 6 nitrogen and oxygen atoms in total. The van der Waals surface area contributed by atoms with Gasteiger partial charge in [0.05, 0.1) is 18.8 Å². The Labute approximate surface area is 385 Å². The van der Waals surface area contributed by atoms with Crippen LogP contribution in [0.15, 0.2) is 48.6 Å². The van der Waals surface area contributed by atoms with Crippen molar-refractivity contribution < 1.29 is 25.2 Å². The average Bonchev–Trinajstić information content (AvgIpc) is 3.28. The Morgan fingerprint density at radius 3 is 1.15 bits per heavy atom. The van der Waals surface area contributed by atoms with Crippen LogP contribution in [0.5, 0.6) is 0 Å². The lowest BCUT2D eigenvalue weighted by Gasteiger charge is -2.27. The van der Waals surface area contributed by atoms with E-state index < -0.39 is 36.9 Å². The van der Waals surface area contributed by atoms with Gasteiger partial charge in [-0.25, -0.2) is 0 Å². The summed E-state index contributed by atoms with van der Waals surface area (Å²) < 4.78 is 0. The van der Waals surface area contributed by atoms with Gasteiger partial charge in [0, 0.05) is 0 Å². The van der Waals surface area contributed by atoms with Crippen molar-refractivity contribution in [2.75, 3.05) is 6.61 Å². The van der Waals surface area contributed by atoms with Gasteiger partial charge in [0.1, 0.15) is 12.2 Å². The number of hydrogen-bond donors (Lipinski definition) is 5. The number of amides is 1. The Balaban J connectivity index is 3.66. The molecule has 0 bridgehead atoms.